The molecule has 0 fully saturated rings. The lowest BCUT2D eigenvalue weighted by molar-refractivity contribution is 0.423. The van der Waals surface area contributed by atoms with Crippen LogP contribution >= 0.6 is 0 Å². The summed E-state index contributed by atoms with van der Waals surface area (Å²) in [5, 5.41) is 15.9. The Morgan fingerprint density at radius 2 is 0.306 bits per heavy atom. The number of para-hydroxylation sites is 12. The zero-order valence-electron chi connectivity index (χ0n) is 80.0. The summed E-state index contributed by atoms with van der Waals surface area (Å²) in [6, 6.07) is 92.2. The van der Waals surface area contributed by atoms with Crippen molar-refractivity contribution in [3.8, 4) is 34.5 Å². The Kier molecular flexibility index (Phi) is 19.8. The number of benzene rings is 16. The molecule has 0 saturated carbocycles. The molecule has 12 heterocycles. The van der Waals surface area contributed by atoms with Crippen LogP contribution in [0.4, 0.5) is 0 Å². The molecule has 28 rings (SSSR count). The monoisotopic (exact) mass is 1880 g/mol. The maximum atomic E-state index is 14.2. The Morgan fingerprint density at radius 3 is 0.549 bits per heavy atom. The van der Waals surface area contributed by atoms with Crippen LogP contribution in [-0.4, -0.2) is 100.0 Å². The van der Waals surface area contributed by atoms with Crippen LogP contribution in [0.1, 0.15) is 0 Å². The highest BCUT2D eigenvalue weighted by atomic mass is 16.5. The van der Waals surface area contributed by atoms with Gasteiger partial charge in [0, 0.05) is 107 Å². The molecule has 0 aliphatic carbocycles. The van der Waals surface area contributed by atoms with Crippen LogP contribution in [0.25, 0.3) is 262 Å². The largest absolute Gasteiger partial charge is 0.495 e. The van der Waals surface area contributed by atoms with Crippen molar-refractivity contribution in [2.45, 2.75) is 0 Å². The number of hydrogen-bond acceptors (Lipinski definition) is 18. The predicted molar refractivity (Wildman–Crippen MR) is 583 cm³/mol. The first-order valence-electron chi connectivity index (χ1n) is 46.9. The molecule has 144 heavy (non-hydrogen) atoms. The molecule has 0 bridgehead atoms. The molecule has 12 aromatic heterocycles. The van der Waals surface area contributed by atoms with E-state index in [0.29, 0.717) is 165 Å². The lowest BCUT2D eigenvalue weighted by Crippen LogP contribution is -2.20. The van der Waals surface area contributed by atoms with Crippen molar-refractivity contribution >= 4 is 262 Å². The Morgan fingerprint density at radius 1 is 0.160 bits per heavy atom. The van der Waals surface area contributed by atoms with Gasteiger partial charge in [0.05, 0.1) is 240 Å². The van der Waals surface area contributed by atoms with Crippen molar-refractivity contribution in [2.24, 2.45) is 42.3 Å². The van der Waals surface area contributed by atoms with E-state index in [2.05, 4.69) is 4.57 Å². The van der Waals surface area contributed by atoms with Crippen molar-refractivity contribution in [1.82, 2.24) is 57.3 Å². The zero-order chi connectivity index (χ0) is 98.5. The molecule has 0 saturated heterocycles. The maximum absolute atomic E-state index is 14.2. The fourth-order valence-electron chi connectivity index (χ4n) is 22.8. The Hall–Kier alpha value is -18.8. The predicted octanol–water partition coefficient (Wildman–Crippen LogP) is 23.0. The Bertz CT molecular complexity index is 10600. The van der Waals surface area contributed by atoms with Gasteiger partial charge in [-0.3, -0.25) is 28.8 Å². The van der Waals surface area contributed by atoms with Crippen molar-refractivity contribution in [3.63, 3.8) is 0 Å². The van der Waals surface area contributed by atoms with E-state index in [9.17, 15) is 28.8 Å². The van der Waals surface area contributed by atoms with Gasteiger partial charge in [-0.25, -0.2) is 29.9 Å². The Balaban J connectivity index is 0.000000101. The molecule has 16 aromatic carbocycles. The van der Waals surface area contributed by atoms with Gasteiger partial charge in [0.25, 0.3) is 0 Å². The van der Waals surface area contributed by atoms with Crippen LogP contribution in [-0.2, 0) is 42.3 Å². The van der Waals surface area contributed by atoms with Crippen molar-refractivity contribution < 1.29 is 28.4 Å². The molecule has 696 valence electrons. The molecule has 0 N–H and O–H groups in total. The molecule has 24 heteroatoms. The smallest absolute Gasteiger partial charge is 0.199 e. The van der Waals surface area contributed by atoms with Gasteiger partial charge in [0.15, 0.2) is 32.6 Å². The third kappa shape index (κ3) is 12.1. The van der Waals surface area contributed by atoms with Gasteiger partial charge in [-0.1, -0.05) is 146 Å². The lowest BCUT2D eigenvalue weighted by atomic mass is 9.97. The molecule has 0 spiro atoms. The third-order valence-electron chi connectivity index (χ3n) is 29.0. The van der Waals surface area contributed by atoms with Crippen LogP contribution < -0.4 is 61.0 Å². The summed E-state index contributed by atoms with van der Waals surface area (Å²) in [6.07, 6.45) is 0. The van der Waals surface area contributed by atoms with Crippen molar-refractivity contribution in [1.29, 1.82) is 0 Å². The standard InChI is InChI=1S/4C30H21N3O3/c1-33-21-15-9-6-12-18(21)30(36-3)24-26-22(29(35-2)17-11-5-8-14-20(17)32-26)25-23(27(24)33)28(34)16-10-4-7-13-19(16)31-25;1-34-28-16-10-4-7-13-19(16)31-25-22(28)26-24(29(35-2)17-11-5-8-14-20(17)32-26)27-23(25)30(36-3)18-12-6-9-15-21(18)33-27;1-32-20-14-8-5-11-17(20)29(35)24-26(32)22-25(31-19-13-7-4-10-16(19)28(22)34)23-27(24)33(2)21-15-9-6-12-18(21)30(23)36-3;1-31-19-13-7-4-10-16(19)28(34)22-25(31)23-27(32(2)20-14-8-5-11-17(20)29(23)35)24-26(22)33(3)21-15-9-6-12-18(21)30(24)36/h4*4-15H,1-3H3. The van der Waals surface area contributed by atoms with Crippen molar-refractivity contribution in [3.05, 3.63) is 353 Å². The van der Waals surface area contributed by atoms with E-state index in [1.54, 1.807) is 66.9 Å². The summed E-state index contributed by atoms with van der Waals surface area (Å²) in [5.74, 6) is 4.04. The van der Waals surface area contributed by atoms with Crippen LogP contribution in [0.5, 0.6) is 34.5 Å². The molecular weight excluding hydrogens is 1800 g/mol. The van der Waals surface area contributed by atoms with E-state index < -0.39 is 0 Å². The fourth-order valence-corrected chi connectivity index (χ4v) is 22.8. The van der Waals surface area contributed by atoms with E-state index >= 15 is 0 Å². The molecule has 24 nitrogen and oxygen atoms in total. The minimum Gasteiger partial charge on any atom is -0.495 e. The number of nitrogens with zero attached hydrogens (tertiary/aromatic N) is 12. The van der Waals surface area contributed by atoms with Crippen LogP contribution in [0.3, 0.4) is 0 Å². The van der Waals surface area contributed by atoms with Gasteiger partial charge < -0.3 is 55.8 Å². The first-order chi connectivity index (χ1) is 70.3. The molecule has 0 aliphatic heterocycles. The van der Waals surface area contributed by atoms with Gasteiger partial charge in [0.1, 0.15) is 34.5 Å². The number of pyridine rings is 12. The Labute approximate surface area is 814 Å². The average Bonchev–Trinajstić information content (AvgIpc) is 0.363. The number of rotatable bonds is 6. The highest BCUT2D eigenvalue weighted by Gasteiger charge is 2.33. The molecule has 0 radical (unpaired) electrons. The fraction of sp³-hybridized carbons (Fsp3) is 0.100. The normalized spacial score (nSPS) is 11.9. The van der Waals surface area contributed by atoms with Gasteiger partial charge in [-0.15, -0.1) is 0 Å². The van der Waals surface area contributed by atoms with Crippen LogP contribution in [0.2, 0.25) is 0 Å². The SMILES string of the molecule is COc1c2ccccc2n(C)c2c1c1nc3ccccc3c(=O)c1c1c2c(=O)c2ccccc2n1C.COc1c2ccccc2nc2c1c1nc3ccccc3c(=O)c1c1c2c(OC)c2ccccc2n1C.COc1c2ccccc2nc2c1c1nc3ccccc3c(OC)c1c1nc3ccccc3c(OC)c21.Cn1c2ccccc2c(=O)c2c1c1c(=O)c3ccccc3n(C)c1c1c(=O)c3ccccc3n(C)c21. The molecular formula is C120H84N12O12. The zero-order valence-corrected chi connectivity index (χ0v) is 80.0. The van der Waals surface area contributed by atoms with E-state index in [-0.39, 0.29) is 32.6 Å². The number of aromatic nitrogens is 12. The first kappa shape index (κ1) is 86.7. The van der Waals surface area contributed by atoms with E-state index in [1.807, 2.05) is 332 Å². The number of ether oxygens (including phenoxy) is 6. The minimum atomic E-state index is -0.189. The summed E-state index contributed by atoms with van der Waals surface area (Å²) in [5.41, 5.74) is 16.0. The topological polar surface area (TPSA) is 265 Å². The molecule has 28 aromatic rings. The molecule has 0 aliphatic rings. The molecule has 0 amide bonds. The van der Waals surface area contributed by atoms with E-state index in [1.165, 1.54) is 0 Å². The minimum absolute atomic E-state index is 0.0781. The summed E-state index contributed by atoms with van der Waals surface area (Å²) in [4.78, 5) is 115. The van der Waals surface area contributed by atoms with E-state index in [0.717, 1.165) is 131 Å². The highest BCUT2D eigenvalue weighted by molar-refractivity contribution is 6.35. The first-order valence-corrected chi connectivity index (χ1v) is 46.9. The second-order valence-corrected chi connectivity index (χ2v) is 36.1. The number of fused-ring (bicyclic) bond motifs is 36. The number of methoxy groups -OCH3 is 6. The van der Waals surface area contributed by atoms with Crippen molar-refractivity contribution in [2.75, 3.05) is 42.7 Å². The number of hydrogen-bond donors (Lipinski definition) is 0. The third-order valence-corrected chi connectivity index (χ3v) is 29.0. The summed E-state index contributed by atoms with van der Waals surface area (Å²) < 4.78 is 48.0. The van der Waals surface area contributed by atoms with Crippen LogP contribution in [0.15, 0.2) is 320 Å². The van der Waals surface area contributed by atoms with Gasteiger partial charge >= 0.3 is 0 Å². The van der Waals surface area contributed by atoms with Gasteiger partial charge in [-0.05, 0) is 146 Å². The second-order valence-electron chi connectivity index (χ2n) is 36.1. The summed E-state index contributed by atoms with van der Waals surface area (Å²) in [6.45, 7) is 0. The number of aryl methyl sites for hydroxylation is 6. The van der Waals surface area contributed by atoms with Gasteiger partial charge in [-0.2, -0.15) is 0 Å². The van der Waals surface area contributed by atoms with E-state index in [4.69, 9.17) is 58.3 Å². The second kappa shape index (κ2) is 32.9. The highest BCUT2D eigenvalue weighted by Crippen LogP contribution is 2.52. The molecule has 0 atom stereocenters. The summed E-state index contributed by atoms with van der Waals surface area (Å²) in [7, 11) is 21.4. The maximum Gasteiger partial charge on any atom is 0.199 e. The summed E-state index contributed by atoms with van der Waals surface area (Å²) >= 11 is 0. The van der Waals surface area contributed by atoms with Crippen LogP contribution in [0, 0.1) is 0 Å². The average molecular weight is 1890 g/mol. The lowest BCUT2D eigenvalue weighted by Gasteiger charge is -2.21. The quantitative estimate of drug-likeness (QED) is 0.111. The molecule has 0 unspecified atom stereocenters. The van der Waals surface area contributed by atoms with Gasteiger partial charge in [0.2, 0.25) is 0 Å².